The van der Waals surface area contributed by atoms with Crippen LogP contribution in [0.3, 0.4) is 0 Å². The number of aromatic nitrogens is 1. The number of sulfonamides is 1. The molecular weight excluding hydrogens is 454 g/mol. The van der Waals surface area contributed by atoms with Crippen molar-refractivity contribution in [1.82, 2.24) is 10.0 Å². The van der Waals surface area contributed by atoms with Crippen LogP contribution in [0.1, 0.15) is 5.89 Å². The number of rotatable bonds is 5. The van der Waals surface area contributed by atoms with Gasteiger partial charge in [-0.3, -0.25) is 5.21 Å². The van der Waals surface area contributed by atoms with E-state index in [0.717, 1.165) is 10.6 Å². The summed E-state index contributed by atoms with van der Waals surface area (Å²) in [5.41, 5.74) is 1.95. The van der Waals surface area contributed by atoms with Gasteiger partial charge in [-0.05, 0) is 36.4 Å². The van der Waals surface area contributed by atoms with E-state index < -0.39 is 10.0 Å². The number of hydrogen-bond acceptors (Lipinski definition) is 7. The van der Waals surface area contributed by atoms with E-state index in [4.69, 9.17) is 33.4 Å². The van der Waals surface area contributed by atoms with Gasteiger partial charge < -0.3 is 4.42 Å². The molecule has 152 valence electrons. The largest absolute Gasteiger partial charge is 0.439 e. The second-order valence-electron chi connectivity index (χ2n) is 5.94. The van der Waals surface area contributed by atoms with Crippen molar-refractivity contribution in [1.29, 1.82) is 0 Å². The Morgan fingerprint density at radius 1 is 1.21 bits per heavy atom. The van der Waals surface area contributed by atoms with Crippen molar-refractivity contribution in [3.63, 3.8) is 0 Å². The molecule has 1 aromatic heterocycles. The van der Waals surface area contributed by atoms with Crippen LogP contribution in [0.25, 0.3) is 22.6 Å². The highest BCUT2D eigenvalue weighted by Gasteiger charge is 2.19. The maximum absolute atomic E-state index is 11.5. The number of hydrogen-bond donors (Lipinski definition) is 2. The normalized spacial score (nSPS) is 11.4. The summed E-state index contributed by atoms with van der Waals surface area (Å²) in [6.07, 6.45) is 0. The highest BCUT2D eigenvalue weighted by Crippen LogP contribution is 2.34. The van der Waals surface area contributed by atoms with Gasteiger partial charge in [-0.25, -0.2) is 23.6 Å². The summed E-state index contributed by atoms with van der Waals surface area (Å²) in [4.78, 5) is 4.55. The van der Waals surface area contributed by atoms with Crippen molar-refractivity contribution in [3.05, 3.63) is 59.4 Å². The molecule has 29 heavy (non-hydrogen) atoms. The van der Waals surface area contributed by atoms with E-state index in [-0.39, 0.29) is 9.22 Å². The zero-order valence-electron chi connectivity index (χ0n) is 15.1. The summed E-state index contributed by atoms with van der Waals surface area (Å²) in [7, 11) is -2.36. The van der Waals surface area contributed by atoms with Crippen LogP contribution >= 0.6 is 35.6 Å². The highest BCUT2D eigenvalue weighted by atomic mass is 35.5. The second-order valence-corrected chi connectivity index (χ2v) is 9.55. The lowest BCUT2D eigenvalue weighted by atomic mass is 10.1. The number of hydroxylamine groups is 2. The molecule has 1 heterocycles. The van der Waals surface area contributed by atoms with Gasteiger partial charge in [-0.15, -0.1) is 0 Å². The average molecular weight is 470 g/mol. The molecule has 2 aromatic carbocycles. The molecule has 3 aromatic rings. The zero-order valence-corrected chi connectivity index (χ0v) is 18.3. The van der Waals surface area contributed by atoms with Crippen LogP contribution in [-0.4, -0.2) is 35.0 Å². The summed E-state index contributed by atoms with van der Waals surface area (Å²) < 4.78 is 29.2. The van der Waals surface area contributed by atoms with Crippen molar-refractivity contribution in [2.75, 3.05) is 7.05 Å². The molecule has 0 atom stereocenters. The molecule has 3 N–H and O–H groups in total. The van der Waals surface area contributed by atoms with Gasteiger partial charge in [0.05, 0.1) is 10.6 Å². The lowest BCUT2D eigenvalue weighted by Crippen LogP contribution is -2.17. The Hall–Kier alpha value is -1.95. The fourth-order valence-corrected chi connectivity index (χ4v) is 3.81. The summed E-state index contributed by atoms with van der Waals surface area (Å²) in [6.45, 7) is 0. The van der Waals surface area contributed by atoms with E-state index in [0.29, 0.717) is 33.7 Å². The summed E-state index contributed by atoms with van der Waals surface area (Å²) in [5.74, 6) is 1.21. The Kier molecular flexibility index (Phi) is 6.62. The molecule has 0 fully saturated rings. The molecule has 0 amide bonds. The van der Waals surface area contributed by atoms with Crippen LogP contribution < -0.4 is 5.14 Å². The van der Waals surface area contributed by atoms with E-state index >= 15 is 0 Å². The highest BCUT2D eigenvalue weighted by molar-refractivity contribution is 8.22. The Balaban J connectivity index is 2.01. The lowest BCUT2D eigenvalue weighted by Gasteiger charge is -2.08. The van der Waals surface area contributed by atoms with Gasteiger partial charge in [0.2, 0.25) is 15.9 Å². The van der Waals surface area contributed by atoms with Gasteiger partial charge in [0.25, 0.3) is 0 Å². The minimum Gasteiger partial charge on any atom is -0.439 e. The first kappa shape index (κ1) is 21.8. The molecule has 0 spiro atoms. The molecule has 0 aliphatic carbocycles. The summed E-state index contributed by atoms with van der Waals surface area (Å²) >= 11 is 12.2. The zero-order chi connectivity index (χ0) is 21.2. The monoisotopic (exact) mass is 469 g/mol. The Labute approximate surface area is 182 Å². The van der Waals surface area contributed by atoms with Crippen molar-refractivity contribution >= 4 is 49.9 Å². The number of oxazole rings is 1. The van der Waals surface area contributed by atoms with E-state index in [9.17, 15) is 13.6 Å². The average Bonchev–Trinajstić information content (AvgIpc) is 3.10. The SMILES string of the molecule is CN(O)C(=S)SCc1nc(-c2ccc(S(N)(=O)=O)cc2)c(-c2ccc(Cl)cc2)o1. The van der Waals surface area contributed by atoms with Gasteiger partial charge >= 0.3 is 0 Å². The number of nitrogens with zero attached hydrogens (tertiary/aromatic N) is 2. The molecule has 0 aliphatic heterocycles. The predicted octanol–water partition coefficient (Wildman–Crippen LogP) is 4.15. The molecular formula is C18H16ClN3O4S3. The van der Waals surface area contributed by atoms with Crippen LogP contribution in [0.15, 0.2) is 57.8 Å². The van der Waals surface area contributed by atoms with Gasteiger partial charge in [0, 0.05) is 23.2 Å². The fraction of sp³-hybridized carbons (Fsp3) is 0.111. The fourth-order valence-electron chi connectivity index (χ4n) is 2.44. The molecule has 11 heteroatoms. The van der Waals surface area contributed by atoms with Crippen molar-refractivity contribution < 1.29 is 18.0 Å². The quantitative estimate of drug-likeness (QED) is 0.423. The maximum atomic E-state index is 11.5. The first-order valence-electron chi connectivity index (χ1n) is 8.13. The standard InChI is InChI=1S/C18H16ClN3O4S3/c1-22(23)18(27)28-10-15-21-16(11-4-8-14(9-5-11)29(20,24)25)17(26-15)12-2-6-13(19)7-3-12/h2-9,23H,10H2,1H3,(H2,20,24,25). The number of primary sulfonamides is 1. The van der Waals surface area contributed by atoms with Crippen LogP contribution in [-0.2, 0) is 15.8 Å². The van der Waals surface area contributed by atoms with E-state index in [1.807, 2.05) is 0 Å². The molecule has 0 unspecified atom stereocenters. The Morgan fingerprint density at radius 2 is 1.79 bits per heavy atom. The van der Waals surface area contributed by atoms with Crippen molar-refractivity contribution in [2.24, 2.45) is 5.14 Å². The topological polar surface area (TPSA) is 110 Å². The molecule has 0 saturated carbocycles. The Morgan fingerprint density at radius 3 is 2.34 bits per heavy atom. The summed E-state index contributed by atoms with van der Waals surface area (Å²) in [5, 5.41) is 16.0. The smallest absolute Gasteiger partial charge is 0.238 e. The summed E-state index contributed by atoms with van der Waals surface area (Å²) in [6, 6.07) is 13.1. The van der Waals surface area contributed by atoms with E-state index in [2.05, 4.69) is 4.98 Å². The number of nitrogens with two attached hydrogens (primary N) is 1. The molecule has 0 bridgehead atoms. The predicted molar refractivity (Wildman–Crippen MR) is 117 cm³/mol. The van der Waals surface area contributed by atoms with Crippen molar-refractivity contribution in [3.8, 4) is 22.6 Å². The number of halogens is 1. The van der Waals surface area contributed by atoms with Crippen LogP contribution in [0.5, 0.6) is 0 Å². The maximum Gasteiger partial charge on any atom is 0.238 e. The second kappa shape index (κ2) is 8.82. The van der Waals surface area contributed by atoms with Crippen molar-refractivity contribution in [2.45, 2.75) is 10.6 Å². The molecule has 7 nitrogen and oxygen atoms in total. The number of thiocarbonyl (C=S) groups is 1. The van der Waals surface area contributed by atoms with Gasteiger partial charge in [0.15, 0.2) is 10.1 Å². The minimum absolute atomic E-state index is 0.00454. The minimum atomic E-state index is -3.79. The molecule has 0 radical (unpaired) electrons. The third-order valence-corrected chi connectivity index (χ3v) is 6.52. The van der Waals surface area contributed by atoms with Gasteiger partial charge in [-0.1, -0.05) is 47.7 Å². The third kappa shape index (κ3) is 5.35. The number of benzene rings is 2. The lowest BCUT2D eigenvalue weighted by molar-refractivity contribution is 0.0205. The third-order valence-electron chi connectivity index (χ3n) is 3.82. The van der Waals surface area contributed by atoms with E-state index in [1.54, 1.807) is 36.4 Å². The van der Waals surface area contributed by atoms with Gasteiger partial charge in [-0.2, -0.15) is 0 Å². The van der Waals surface area contributed by atoms with Crippen LogP contribution in [0.2, 0.25) is 5.02 Å². The molecule has 3 rings (SSSR count). The van der Waals surface area contributed by atoms with E-state index in [1.165, 1.54) is 30.9 Å². The Bertz CT molecular complexity index is 1130. The first-order valence-corrected chi connectivity index (χ1v) is 11.4. The van der Waals surface area contributed by atoms with Gasteiger partial charge in [0.1, 0.15) is 5.69 Å². The number of thioether (sulfide) groups is 1. The first-order chi connectivity index (χ1) is 13.6. The van der Waals surface area contributed by atoms with Crippen LogP contribution in [0.4, 0.5) is 0 Å². The molecule has 0 saturated heterocycles. The van der Waals surface area contributed by atoms with Crippen LogP contribution in [0, 0.1) is 0 Å². The molecule has 0 aliphatic rings.